The number of anilines is 1. The molecule has 2 aromatic heterocycles. The number of aromatic nitrogens is 3. The average Bonchev–Trinajstić information content (AvgIpc) is 3.38. The molecule has 2 aromatic rings. The Hall–Kier alpha value is -3.04. The first kappa shape index (κ1) is 20.2. The van der Waals surface area contributed by atoms with Crippen LogP contribution >= 0.6 is 34.6 Å². The molecule has 4 rings (SSSR count). The Labute approximate surface area is 180 Å². The third kappa shape index (κ3) is 3.50. The number of hydrogen-bond acceptors (Lipinski definition) is 12. The molecular weight excluding hydrogens is 454 g/mol. The number of rotatable bonds is 6. The van der Waals surface area contributed by atoms with Crippen molar-refractivity contribution in [2.24, 2.45) is 5.16 Å². The van der Waals surface area contributed by atoms with Crippen LogP contribution in [-0.2, 0) is 14.4 Å². The van der Waals surface area contributed by atoms with E-state index in [9.17, 15) is 19.5 Å². The number of fused-ring (bicyclic) bond motifs is 1. The Morgan fingerprint density at radius 3 is 2.83 bits per heavy atom. The van der Waals surface area contributed by atoms with Crippen LogP contribution in [0.25, 0.3) is 0 Å². The van der Waals surface area contributed by atoms with Crippen molar-refractivity contribution in [2.45, 2.75) is 30.0 Å². The highest BCUT2D eigenvalue weighted by atomic mass is 32.2. The van der Waals surface area contributed by atoms with Crippen LogP contribution in [0, 0.1) is 0 Å². The van der Waals surface area contributed by atoms with Gasteiger partial charge >= 0.3 is 5.97 Å². The van der Waals surface area contributed by atoms with Gasteiger partial charge in [-0.25, -0.2) is 9.78 Å². The maximum Gasteiger partial charge on any atom is 0.353 e. The number of β-lactam (4-membered cyclic amide) rings is 1. The summed E-state index contributed by atoms with van der Waals surface area (Å²) in [4.78, 5) is 46.6. The van der Waals surface area contributed by atoms with E-state index in [4.69, 9.17) is 10.9 Å². The molecule has 0 aliphatic carbocycles. The Balaban J connectivity index is 1.52. The highest BCUT2D eigenvalue weighted by Gasteiger charge is 2.54. The number of thioether (sulfide) groups is 1. The fourth-order valence-electron chi connectivity index (χ4n) is 3.24. The Morgan fingerprint density at radius 2 is 2.23 bits per heavy atom. The van der Waals surface area contributed by atoms with E-state index in [1.54, 1.807) is 10.9 Å². The van der Waals surface area contributed by atoms with E-state index in [0.29, 0.717) is 22.8 Å². The summed E-state index contributed by atoms with van der Waals surface area (Å²) in [5.41, 5.74) is 6.52. The first-order valence-corrected chi connectivity index (χ1v) is 10.9. The standard InChI is InChI=1S/C15H13N7O5S3/c16-15-19-11(21-30-15)9(20-27)12(23)18-8-5-1-2-6(29-7-3-28-4-17-7)10(14(25)26)22(5)13(8)24/h3-5,8,27H,1-2H2,(H,18,23)(H,25,26)(H2,16,19,21)/b20-9-/t5-,8?/m1/s1. The summed E-state index contributed by atoms with van der Waals surface area (Å²) in [6.45, 7) is 0. The van der Waals surface area contributed by atoms with Crippen LogP contribution in [0.5, 0.6) is 0 Å². The summed E-state index contributed by atoms with van der Waals surface area (Å²) >= 11 is 3.42. The van der Waals surface area contributed by atoms with Crippen molar-refractivity contribution in [3.05, 3.63) is 27.3 Å². The second kappa shape index (κ2) is 8.00. The minimum absolute atomic E-state index is 0.0819. The number of carbonyl (C=O) groups is 3. The molecule has 30 heavy (non-hydrogen) atoms. The van der Waals surface area contributed by atoms with Crippen molar-refractivity contribution in [1.29, 1.82) is 0 Å². The van der Waals surface area contributed by atoms with E-state index < -0.39 is 35.6 Å². The average molecular weight is 468 g/mol. The highest BCUT2D eigenvalue weighted by molar-refractivity contribution is 8.03. The van der Waals surface area contributed by atoms with Crippen LogP contribution in [0.3, 0.4) is 0 Å². The number of nitrogens with one attached hydrogen (secondary N) is 1. The SMILES string of the molecule is Nc1nc(/C(=N/O)C(=O)NC2C(=O)N3C(C(=O)O)=C(Sc4cscn4)CC[C@H]23)ns1. The van der Waals surface area contributed by atoms with E-state index in [-0.39, 0.29) is 16.7 Å². The first-order chi connectivity index (χ1) is 14.4. The number of carboxylic acid groups (broad SMARTS) is 1. The number of nitrogens with two attached hydrogens (primary N) is 1. The molecule has 15 heteroatoms. The van der Waals surface area contributed by atoms with Crippen LogP contribution < -0.4 is 11.1 Å². The topological polar surface area (TPSA) is 184 Å². The molecule has 156 valence electrons. The lowest BCUT2D eigenvalue weighted by Crippen LogP contribution is -2.72. The van der Waals surface area contributed by atoms with Gasteiger partial charge in [0.1, 0.15) is 16.8 Å². The van der Waals surface area contributed by atoms with Crippen LogP contribution in [0.1, 0.15) is 18.7 Å². The predicted molar refractivity (Wildman–Crippen MR) is 107 cm³/mol. The Bertz CT molecular complexity index is 1080. The van der Waals surface area contributed by atoms with Crippen molar-refractivity contribution in [1.82, 2.24) is 24.6 Å². The molecule has 0 bridgehead atoms. The molecule has 1 unspecified atom stereocenters. The summed E-state index contributed by atoms with van der Waals surface area (Å²) < 4.78 is 3.81. The van der Waals surface area contributed by atoms with Crippen molar-refractivity contribution < 1.29 is 24.7 Å². The van der Waals surface area contributed by atoms with Crippen molar-refractivity contribution in [3.63, 3.8) is 0 Å². The maximum absolute atomic E-state index is 12.7. The lowest BCUT2D eigenvalue weighted by atomic mass is 9.86. The third-order valence-corrected chi connectivity index (χ3v) is 6.84. The van der Waals surface area contributed by atoms with Gasteiger partial charge in [-0.1, -0.05) is 16.9 Å². The number of nitrogen functional groups attached to an aromatic ring is 1. The monoisotopic (exact) mass is 467 g/mol. The van der Waals surface area contributed by atoms with Gasteiger partial charge in [0.05, 0.1) is 11.6 Å². The second-order valence-corrected chi connectivity index (χ2v) is 8.79. The molecule has 0 aromatic carbocycles. The number of thiazole rings is 1. The van der Waals surface area contributed by atoms with E-state index >= 15 is 0 Å². The molecule has 2 aliphatic heterocycles. The molecule has 12 nitrogen and oxygen atoms in total. The molecule has 4 heterocycles. The maximum atomic E-state index is 12.7. The fraction of sp³-hybridized carbons (Fsp3) is 0.267. The van der Waals surface area contributed by atoms with Gasteiger partial charge in [-0.2, -0.15) is 9.36 Å². The molecular formula is C15H13N7O5S3. The van der Waals surface area contributed by atoms with Gasteiger partial charge in [0.15, 0.2) is 5.13 Å². The summed E-state index contributed by atoms with van der Waals surface area (Å²) in [7, 11) is 0. The molecule has 1 fully saturated rings. The number of aliphatic carboxylic acids is 1. The minimum Gasteiger partial charge on any atom is -0.477 e. The van der Waals surface area contributed by atoms with Gasteiger partial charge in [0.2, 0.25) is 11.5 Å². The fourth-order valence-corrected chi connectivity index (χ4v) is 5.37. The zero-order valence-corrected chi connectivity index (χ0v) is 17.3. The normalized spacial score (nSPS) is 21.3. The number of carboxylic acids is 1. The largest absolute Gasteiger partial charge is 0.477 e. The molecule has 5 N–H and O–H groups in total. The summed E-state index contributed by atoms with van der Waals surface area (Å²) in [5, 5.41) is 26.7. The number of allylic oxidation sites excluding steroid dienone is 1. The molecule has 1 saturated heterocycles. The minimum atomic E-state index is -1.23. The van der Waals surface area contributed by atoms with Gasteiger partial charge in [-0.15, -0.1) is 11.3 Å². The zero-order valence-electron chi connectivity index (χ0n) is 14.9. The number of amides is 2. The summed E-state index contributed by atoms with van der Waals surface area (Å²) in [5.74, 6) is -2.82. The molecule has 0 radical (unpaired) electrons. The van der Waals surface area contributed by atoms with E-state index in [0.717, 1.165) is 11.5 Å². The number of carbonyl (C=O) groups excluding carboxylic acids is 2. The van der Waals surface area contributed by atoms with Gasteiger partial charge in [0, 0.05) is 21.8 Å². The van der Waals surface area contributed by atoms with Gasteiger partial charge in [0.25, 0.3) is 11.8 Å². The molecule has 2 aliphatic rings. The lowest BCUT2D eigenvalue weighted by molar-refractivity contribution is -0.155. The second-order valence-electron chi connectivity index (χ2n) is 6.18. The summed E-state index contributed by atoms with van der Waals surface area (Å²) in [6, 6.07) is -1.48. The smallest absolute Gasteiger partial charge is 0.353 e. The van der Waals surface area contributed by atoms with Crippen molar-refractivity contribution >= 4 is 63.3 Å². The molecule has 0 spiro atoms. The number of oxime groups is 1. The Kier molecular flexibility index (Phi) is 5.40. The molecule has 2 amide bonds. The van der Waals surface area contributed by atoms with Crippen molar-refractivity contribution in [3.8, 4) is 0 Å². The summed E-state index contributed by atoms with van der Waals surface area (Å²) in [6.07, 6.45) is 0.864. The van der Waals surface area contributed by atoms with Crippen LogP contribution in [-0.4, -0.2) is 65.1 Å². The van der Waals surface area contributed by atoms with Gasteiger partial charge in [-0.3, -0.25) is 14.5 Å². The van der Waals surface area contributed by atoms with Crippen LogP contribution in [0.4, 0.5) is 5.13 Å². The van der Waals surface area contributed by atoms with Crippen LogP contribution in [0.15, 0.2) is 31.7 Å². The quantitative estimate of drug-likeness (QED) is 0.200. The third-order valence-electron chi connectivity index (χ3n) is 4.49. The Morgan fingerprint density at radius 1 is 1.43 bits per heavy atom. The van der Waals surface area contributed by atoms with Crippen LogP contribution in [0.2, 0.25) is 0 Å². The van der Waals surface area contributed by atoms with E-state index in [1.807, 2.05) is 0 Å². The first-order valence-electron chi connectivity index (χ1n) is 8.38. The number of nitrogens with zero attached hydrogens (tertiary/aromatic N) is 5. The van der Waals surface area contributed by atoms with Gasteiger partial charge < -0.3 is 21.4 Å². The molecule has 0 saturated carbocycles. The zero-order chi connectivity index (χ0) is 21.4. The van der Waals surface area contributed by atoms with E-state index in [1.165, 1.54) is 28.0 Å². The predicted octanol–water partition coefficient (Wildman–Crippen LogP) is 0.333. The van der Waals surface area contributed by atoms with Crippen molar-refractivity contribution in [2.75, 3.05) is 5.73 Å². The molecule has 2 atom stereocenters. The lowest BCUT2D eigenvalue weighted by Gasteiger charge is -2.49. The van der Waals surface area contributed by atoms with E-state index in [2.05, 4.69) is 24.8 Å². The number of hydrogen-bond donors (Lipinski definition) is 4. The van der Waals surface area contributed by atoms with Gasteiger partial charge in [-0.05, 0) is 12.8 Å². The highest BCUT2D eigenvalue weighted by Crippen LogP contribution is 2.42.